The van der Waals surface area contributed by atoms with Crippen LogP contribution in [-0.2, 0) is 30.2 Å². The van der Waals surface area contributed by atoms with Crippen molar-refractivity contribution in [1.29, 1.82) is 0 Å². The molecule has 0 radical (unpaired) electrons. The highest BCUT2D eigenvalue weighted by molar-refractivity contribution is 7.89. The van der Waals surface area contributed by atoms with E-state index in [2.05, 4.69) is 14.9 Å². The van der Waals surface area contributed by atoms with Gasteiger partial charge in [0.05, 0.1) is 11.1 Å². The summed E-state index contributed by atoms with van der Waals surface area (Å²) in [6.07, 6.45) is 3.15. The summed E-state index contributed by atoms with van der Waals surface area (Å²) >= 11 is 0. The Bertz CT molecular complexity index is 671. The van der Waals surface area contributed by atoms with Crippen LogP contribution in [0.4, 0.5) is 0 Å². The number of hydrogen-bond acceptors (Lipinski definition) is 4. The lowest BCUT2D eigenvalue weighted by Gasteiger charge is -2.03. The van der Waals surface area contributed by atoms with Gasteiger partial charge in [0.15, 0.2) is 0 Å². The standard InChI is InChI=1S/C11H17N5O2S/c1-8-9(5-13-15-8)6-14-19(17,18)11-3-10(4-12)16(2)7-11/h3,5,7,14H,4,6,12H2,1-2H3,(H,13,15). The number of nitrogens with two attached hydrogens (primary N) is 1. The van der Waals surface area contributed by atoms with E-state index in [1.807, 2.05) is 6.92 Å². The van der Waals surface area contributed by atoms with Gasteiger partial charge in [-0.25, -0.2) is 13.1 Å². The average molecular weight is 283 g/mol. The Morgan fingerprint density at radius 2 is 2.26 bits per heavy atom. The fourth-order valence-electron chi connectivity index (χ4n) is 1.74. The zero-order valence-electron chi connectivity index (χ0n) is 10.8. The summed E-state index contributed by atoms with van der Waals surface area (Å²) in [6, 6.07) is 1.57. The summed E-state index contributed by atoms with van der Waals surface area (Å²) in [4.78, 5) is 0.219. The first-order chi connectivity index (χ1) is 8.94. The van der Waals surface area contributed by atoms with Gasteiger partial charge in [0.25, 0.3) is 0 Å². The summed E-state index contributed by atoms with van der Waals surface area (Å²) in [5.74, 6) is 0. The largest absolute Gasteiger partial charge is 0.352 e. The summed E-state index contributed by atoms with van der Waals surface area (Å²) in [5.41, 5.74) is 7.96. The molecule has 4 N–H and O–H groups in total. The Morgan fingerprint density at radius 3 is 2.79 bits per heavy atom. The van der Waals surface area contributed by atoms with Gasteiger partial charge in [-0.2, -0.15) is 5.10 Å². The van der Waals surface area contributed by atoms with Gasteiger partial charge in [-0.15, -0.1) is 0 Å². The topological polar surface area (TPSA) is 106 Å². The minimum Gasteiger partial charge on any atom is -0.352 e. The summed E-state index contributed by atoms with van der Waals surface area (Å²) < 4.78 is 28.5. The van der Waals surface area contributed by atoms with Gasteiger partial charge in [-0.1, -0.05) is 0 Å². The second-order valence-electron chi connectivity index (χ2n) is 4.33. The number of rotatable bonds is 5. The first-order valence-electron chi connectivity index (χ1n) is 5.78. The molecule has 0 spiro atoms. The highest BCUT2D eigenvalue weighted by Crippen LogP contribution is 2.13. The van der Waals surface area contributed by atoms with Crippen molar-refractivity contribution in [2.75, 3.05) is 0 Å². The molecular formula is C11H17N5O2S. The van der Waals surface area contributed by atoms with Crippen molar-refractivity contribution in [3.63, 3.8) is 0 Å². The van der Waals surface area contributed by atoms with E-state index in [0.717, 1.165) is 17.0 Å². The van der Waals surface area contributed by atoms with Crippen LogP contribution < -0.4 is 10.5 Å². The highest BCUT2D eigenvalue weighted by atomic mass is 32.2. The first kappa shape index (κ1) is 13.8. The lowest BCUT2D eigenvalue weighted by molar-refractivity contribution is 0.581. The molecule has 2 heterocycles. The summed E-state index contributed by atoms with van der Waals surface area (Å²) in [5, 5.41) is 6.61. The van der Waals surface area contributed by atoms with E-state index < -0.39 is 10.0 Å². The minimum atomic E-state index is -3.53. The Kier molecular flexibility index (Phi) is 3.74. The quantitative estimate of drug-likeness (QED) is 0.717. The monoisotopic (exact) mass is 283 g/mol. The van der Waals surface area contributed by atoms with Crippen molar-refractivity contribution < 1.29 is 8.42 Å². The normalized spacial score (nSPS) is 11.9. The lowest BCUT2D eigenvalue weighted by Crippen LogP contribution is -2.23. The van der Waals surface area contributed by atoms with Crippen LogP contribution in [-0.4, -0.2) is 23.2 Å². The van der Waals surface area contributed by atoms with Gasteiger partial charge >= 0.3 is 0 Å². The maximum atomic E-state index is 12.1. The molecule has 0 unspecified atom stereocenters. The first-order valence-corrected chi connectivity index (χ1v) is 7.26. The van der Waals surface area contributed by atoms with E-state index in [1.165, 1.54) is 0 Å². The van der Waals surface area contributed by atoms with Crippen molar-refractivity contribution >= 4 is 10.0 Å². The molecule has 0 fully saturated rings. The maximum absolute atomic E-state index is 12.1. The molecule has 104 valence electrons. The van der Waals surface area contributed by atoms with Crippen LogP contribution in [0, 0.1) is 6.92 Å². The number of aromatic nitrogens is 3. The van der Waals surface area contributed by atoms with E-state index in [1.54, 1.807) is 30.1 Å². The summed E-state index contributed by atoms with van der Waals surface area (Å²) in [6.45, 7) is 2.34. The van der Waals surface area contributed by atoms with E-state index in [9.17, 15) is 8.42 Å². The lowest BCUT2D eigenvalue weighted by atomic mass is 10.3. The molecule has 0 aliphatic carbocycles. The second kappa shape index (κ2) is 5.16. The van der Waals surface area contributed by atoms with Crippen molar-refractivity contribution in [3.05, 3.63) is 35.4 Å². The Balaban J connectivity index is 2.16. The third-order valence-electron chi connectivity index (χ3n) is 2.99. The van der Waals surface area contributed by atoms with Crippen LogP contribution in [0.15, 0.2) is 23.4 Å². The Labute approximate surface area is 111 Å². The van der Waals surface area contributed by atoms with E-state index in [-0.39, 0.29) is 11.4 Å². The molecule has 0 saturated carbocycles. The van der Waals surface area contributed by atoms with E-state index in [0.29, 0.717) is 6.54 Å². The number of nitrogens with one attached hydrogen (secondary N) is 2. The van der Waals surface area contributed by atoms with Gasteiger partial charge in [0, 0.05) is 43.3 Å². The van der Waals surface area contributed by atoms with Gasteiger partial charge in [-0.05, 0) is 13.0 Å². The predicted octanol–water partition coefficient (Wildman–Crippen LogP) is -0.00618. The molecule has 2 aromatic rings. The molecule has 7 nitrogen and oxygen atoms in total. The molecule has 0 bridgehead atoms. The zero-order valence-corrected chi connectivity index (χ0v) is 11.7. The molecule has 0 aliphatic heterocycles. The fraction of sp³-hybridized carbons (Fsp3) is 0.364. The molecular weight excluding hydrogens is 266 g/mol. The van der Waals surface area contributed by atoms with Crippen molar-refractivity contribution in [3.8, 4) is 0 Å². The Morgan fingerprint density at radius 1 is 1.53 bits per heavy atom. The molecule has 2 aromatic heterocycles. The zero-order chi connectivity index (χ0) is 14.0. The smallest absolute Gasteiger partial charge is 0.242 e. The van der Waals surface area contributed by atoms with Crippen LogP contribution in [0.25, 0.3) is 0 Å². The SMILES string of the molecule is Cc1[nH]ncc1CNS(=O)(=O)c1cc(CN)n(C)c1. The van der Waals surface area contributed by atoms with Crippen LogP contribution in [0.3, 0.4) is 0 Å². The van der Waals surface area contributed by atoms with Gasteiger partial charge in [0.2, 0.25) is 10.0 Å². The molecule has 0 aromatic carbocycles. The van der Waals surface area contributed by atoms with Crippen LogP contribution in [0.5, 0.6) is 0 Å². The van der Waals surface area contributed by atoms with E-state index in [4.69, 9.17) is 5.73 Å². The van der Waals surface area contributed by atoms with Crippen molar-refractivity contribution in [2.45, 2.75) is 24.9 Å². The van der Waals surface area contributed by atoms with Gasteiger partial charge < -0.3 is 10.3 Å². The number of H-pyrrole nitrogens is 1. The predicted molar refractivity (Wildman–Crippen MR) is 70.7 cm³/mol. The molecule has 0 aliphatic rings. The highest BCUT2D eigenvalue weighted by Gasteiger charge is 2.17. The number of aryl methyl sites for hydroxylation is 2. The molecule has 19 heavy (non-hydrogen) atoms. The Hall–Kier alpha value is -1.64. The number of nitrogens with zero attached hydrogens (tertiary/aromatic N) is 2. The average Bonchev–Trinajstić information content (AvgIpc) is 2.93. The summed E-state index contributed by atoms with van der Waals surface area (Å²) in [7, 11) is -1.77. The van der Waals surface area contributed by atoms with Crippen LogP contribution >= 0.6 is 0 Å². The number of sulfonamides is 1. The number of hydrogen-bond donors (Lipinski definition) is 3. The number of aromatic amines is 1. The van der Waals surface area contributed by atoms with Gasteiger partial charge in [-0.3, -0.25) is 5.10 Å². The second-order valence-corrected chi connectivity index (χ2v) is 6.09. The maximum Gasteiger partial charge on any atom is 0.242 e. The third-order valence-corrected chi connectivity index (χ3v) is 4.36. The van der Waals surface area contributed by atoms with Gasteiger partial charge in [0.1, 0.15) is 0 Å². The fourth-order valence-corrected chi connectivity index (χ4v) is 2.84. The molecule has 0 atom stereocenters. The van der Waals surface area contributed by atoms with E-state index >= 15 is 0 Å². The third kappa shape index (κ3) is 2.86. The molecule has 2 rings (SSSR count). The molecule has 0 saturated heterocycles. The van der Waals surface area contributed by atoms with Crippen molar-refractivity contribution in [1.82, 2.24) is 19.5 Å². The molecule has 0 amide bonds. The molecule has 8 heteroatoms. The van der Waals surface area contributed by atoms with Crippen LogP contribution in [0.1, 0.15) is 17.0 Å². The van der Waals surface area contributed by atoms with Crippen molar-refractivity contribution in [2.24, 2.45) is 12.8 Å². The minimum absolute atomic E-state index is 0.206. The van der Waals surface area contributed by atoms with Crippen LogP contribution in [0.2, 0.25) is 0 Å².